The maximum absolute atomic E-state index is 5.13. The molecule has 4 rings (SSSR count). The maximum atomic E-state index is 5.13. The van der Waals surface area contributed by atoms with E-state index in [9.17, 15) is 0 Å². The maximum Gasteiger partial charge on any atom is 0.164 e. The second-order valence-corrected chi connectivity index (χ2v) is 9.50. The summed E-state index contributed by atoms with van der Waals surface area (Å²) in [7, 11) is 0. The van der Waals surface area contributed by atoms with Crippen molar-refractivity contribution in [3.63, 3.8) is 0 Å². The summed E-state index contributed by atoms with van der Waals surface area (Å²) < 4.78 is 2.04. The number of nitrogens with zero attached hydrogens (tertiary/aromatic N) is 3. The lowest BCUT2D eigenvalue weighted by Crippen LogP contribution is -2.38. The van der Waals surface area contributed by atoms with Crippen LogP contribution in [0.4, 0.5) is 0 Å². The quantitative estimate of drug-likeness (QED) is 0.191. The monoisotopic (exact) mass is 487 g/mol. The van der Waals surface area contributed by atoms with Crippen LogP contribution >= 0.6 is 15.9 Å². The molecule has 0 amide bonds. The van der Waals surface area contributed by atoms with E-state index in [-0.39, 0.29) is 10.2 Å². The first kappa shape index (κ1) is 22.5. The second kappa shape index (κ2) is 9.41. The number of halogens is 1. The van der Waals surface area contributed by atoms with E-state index in [0.717, 1.165) is 35.4 Å². The normalized spacial score (nSPS) is 13.1. The van der Waals surface area contributed by atoms with Crippen LogP contribution in [-0.2, 0) is 5.54 Å². The van der Waals surface area contributed by atoms with Gasteiger partial charge in [0, 0.05) is 0 Å². The third-order valence-corrected chi connectivity index (χ3v) is 8.40. The fraction of sp³-hybridized carbons (Fsp3) is 0.286. The molecule has 0 fully saturated rings. The number of hydrogen-bond acceptors (Lipinski definition) is 2. The minimum atomic E-state index is -0.628. The molecule has 1 atom stereocenters. The van der Waals surface area contributed by atoms with Crippen molar-refractivity contribution in [3.05, 3.63) is 120 Å². The Kier molecular flexibility index (Phi) is 6.61. The van der Waals surface area contributed by atoms with Crippen LogP contribution in [0.1, 0.15) is 61.0 Å². The van der Waals surface area contributed by atoms with Gasteiger partial charge in [-0.25, -0.2) is 9.67 Å². The van der Waals surface area contributed by atoms with Crippen molar-refractivity contribution in [3.8, 4) is 0 Å². The predicted molar refractivity (Wildman–Crippen MR) is 135 cm³/mol. The van der Waals surface area contributed by atoms with Gasteiger partial charge in [-0.15, -0.1) is 0 Å². The molecule has 0 bridgehead atoms. The SMILES string of the molecule is CCC(C)(CC)C(Br)c1ncn(C(c2ccccc2)(c2ccccc2)c2ccccc2)n1. The molecule has 0 aliphatic heterocycles. The zero-order valence-corrected chi connectivity index (χ0v) is 20.5. The Bertz CT molecular complexity index is 1020. The third kappa shape index (κ3) is 3.81. The van der Waals surface area contributed by atoms with Crippen LogP contribution in [-0.4, -0.2) is 14.8 Å². The Morgan fingerprint density at radius 3 is 1.53 bits per heavy atom. The molecule has 0 saturated heterocycles. The lowest BCUT2D eigenvalue weighted by atomic mass is 9.77. The summed E-state index contributed by atoms with van der Waals surface area (Å²) in [6.07, 6.45) is 3.99. The number of rotatable bonds is 8. The van der Waals surface area contributed by atoms with Crippen molar-refractivity contribution in [2.24, 2.45) is 5.41 Å². The smallest absolute Gasteiger partial charge is 0.164 e. The van der Waals surface area contributed by atoms with Gasteiger partial charge in [0.2, 0.25) is 0 Å². The van der Waals surface area contributed by atoms with Crippen molar-refractivity contribution in [2.45, 2.75) is 44.0 Å². The molecule has 1 aromatic heterocycles. The largest absolute Gasteiger partial charge is 0.233 e. The fourth-order valence-electron chi connectivity index (χ4n) is 4.41. The topological polar surface area (TPSA) is 30.7 Å². The highest BCUT2D eigenvalue weighted by atomic mass is 79.9. The molecule has 4 aromatic rings. The molecule has 32 heavy (non-hydrogen) atoms. The predicted octanol–water partition coefficient (Wildman–Crippen LogP) is 7.38. The average molecular weight is 488 g/mol. The highest BCUT2D eigenvalue weighted by Crippen LogP contribution is 2.45. The Morgan fingerprint density at radius 2 is 1.16 bits per heavy atom. The minimum Gasteiger partial charge on any atom is -0.233 e. The van der Waals surface area contributed by atoms with Crippen molar-refractivity contribution in [1.82, 2.24) is 14.8 Å². The Hall–Kier alpha value is -2.72. The second-order valence-electron chi connectivity index (χ2n) is 8.58. The first-order valence-corrected chi connectivity index (χ1v) is 12.2. The van der Waals surface area contributed by atoms with Gasteiger partial charge < -0.3 is 0 Å². The van der Waals surface area contributed by atoms with Gasteiger partial charge in [0.05, 0.1) is 4.83 Å². The number of benzene rings is 3. The molecule has 0 aliphatic carbocycles. The van der Waals surface area contributed by atoms with Gasteiger partial charge in [0.15, 0.2) is 5.82 Å². The van der Waals surface area contributed by atoms with Crippen molar-refractivity contribution < 1.29 is 0 Å². The summed E-state index contributed by atoms with van der Waals surface area (Å²) in [6, 6.07) is 31.8. The highest BCUT2D eigenvalue weighted by Gasteiger charge is 2.41. The summed E-state index contributed by atoms with van der Waals surface area (Å²) in [5, 5.41) is 5.13. The van der Waals surface area contributed by atoms with Crippen LogP contribution in [0.15, 0.2) is 97.3 Å². The van der Waals surface area contributed by atoms with E-state index in [2.05, 4.69) is 128 Å². The molecule has 1 heterocycles. The molecule has 1 unspecified atom stereocenters. The van der Waals surface area contributed by atoms with E-state index >= 15 is 0 Å². The molecule has 0 aliphatic rings. The molecule has 164 valence electrons. The van der Waals surface area contributed by atoms with Crippen LogP contribution < -0.4 is 0 Å². The molecule has 4 heteroatoms. The molecule has 0 radical (unpaired) electrons. The average Bonchev–Trinajstić information content (AvgIpc) is 3.36. The lowest BCUT2D eigenvalue weighted by Gasteiger charge is -2.36. The van der Waals surface area contributed by atoms with Crippen LogP contribution in [0.25, 0.3) is 0 Å². The van der Waals surface area contributed by atoms with E-state index in [1.54, 1.807) is 0 Å². The summed E-state index contributed by atoms with van der Waals surface area (Å²) in [5.41, 5.74) is 2.90. The number of aromatic nitrogens is 3. The van der Waals surface area contributed by atoms with Crippen LogP contribution in [0.3, 0.4) is 0 Å². The van der Waals surface area contributed by atoms with Gasteiger partial charge in [-0.3, -0.25) is 0 Å². The fourth-order valence-corrected chi connectivity index (χ4v) is 5.27. The molecule has 3 nitrogen and oxygen atoms in total. The van der Waals surface area contributed by atoms with Gasteiger partial charge in [-0.2, -0.15) is 5.10 Å². The summed E-state index contributed by atoms with van der Waals surface area (Å²) >= 11 is 3.94. The van der Waals surface area contributed by atoms with Gasteiger partial charge in [-0.05, 0) is 34.9 Å². The standard InChI is InChI=1S/C28H30BrN3/c1-4-27(3,5-2)25(29)26-30-21-32(31-26)28(22-15-9-6-10-16-22,23-17-11-7-12-18-23)24-19-13-8-14-20-24/h6-21,25H,4-5H2,1-3H3. The molecule has 0 N–H and O–H groups in total. The molecular weight excluding hydrogens is 458 g/mol. The van der Waals surface area contributed by atoms with Crippen molar-refractivity contribution in [2.75, 3.05) is 0 Å². The minimum absolute atomic E-state index is 0.0753. The zero-order valence-electron chi connectivity index (χ0n) is 18.9. The van der Waals surface area contributed by atoms with Crippen molar-refractivity contribution >= 4 is 15.9 Å². The van der Waals surface area contributed by atoms with Crippen molar-refractivity contribution in [1.29, 1.82) is 0 Å². The Labute approximate surface area is 199 Å². The number of hydrogen-bond donors (Lipinski definition) is 0. The van der Waals surface area contributed by atoms with Gasteiger partial charge in [-0.1, -0.05) is 128 Å². The van der Waals surface area contributed by atoms with Crippen LogP contribution in [0.2, 0.25) is 0 Å². The first-order valence-electron chi connectivity index (χ1n) is 11.3. The first-order chi connectivity index (χ1) is 15.6. The molecular formula is C28H30BrN3. The summed E-state index contributed by atoms with van der Waals surface area (Å²) in [5.74, 6) is 0.823. The van der Waals surface area contributed by atoms with E-state index in [4.69, 9.17) is 10.1 Å². The zero-order chi connectivity index (χ0) is 22.6. The van der Waals surface area contributed by atoms with E-state index < -0.39 is 5.54 Å². The van der Waals surface area contributed by atoms with E-state index in [1.165, 1.54) is 0 Å². The Morgan fingerprint density at radius 1 is 0.750 bits per heavy atom. The van der Waals surface area contributed by atoms with E-state index in [1.807, 2.05) is 11.0 Å². The molecule has 0 spiro atoms. The van der Waals surface area contributed by atoms with Crippen LogP contribution in [0, 0.1) is 5.41 Å². The Balaban J connectivity index is 1.99. The number of alkyl halides is 1. The van der Waals surface area contributed by atoms with E-state index in [0.29, 0.717) is 0 Å². The molecule has 3 aromatic carbocycles. The molecule has 0 saturated carbocycles. The van der Waals surface area contributed by atoms with Gasteiger partial charge in [0.25, 0.3) is 0 Å². The van der Waals surface area contributed by atoms with Gasteiger partial charge in [0.1, 0.15) is 11.9 Å². The lowest BCUT2D eigenvalue weighted by molar-refractivity contribution is 0.285. The highest BCUT2D eigenvalue weighted by molar-refractivity contribution is 9.09. The van der Waals surface area contributed by atoms with Gasteiger partial charge >= 0.3 is 0 Å². The van der Waals surface area contributed by atoms with Crippen LogP contribution in [0.5, 0.6) is 0 Å². The third-order valence-electron chi connectivity index (χ3n) is 6.88. The summed E-state index contributed by atoms with van der Waals surface area (Å²) in [6.45, 7) is 6.76. The summed E-state index contributed by atoms with van der Waals surface area (Å²) in [4.78, 5) is 4.90.